The Labute approximate surface area is 174 Å². The molecule has 2 aliphatic rings. The molecule has 2 fully saturated rings. The van der Waals surface area contributed by atoms with Crippen molar-refractivity contribution in [3.8, 4) is 11.5 Å². The molecule has 2 saturated heterocycles. The van der Waals surface area contributed by atoms with Crippen molar-refractivity contribution in [2.24, 2.45) is 0 Å². The van der Waals surface area contributed by atoms with E-state index in [1.165, 1.54) is 0 Å². The van der Waals surface area contributed by atoms with Crippen LogP contribution in [0, 0.1) is 0 Å². The van der Waals surface area contributed by atoms with Gasteiger partial charge < -0.3 is 24.4 Å². The third-order valence-corrected chi connectivity index (χ3v) is 6.39. The normalized spacial score (nSPS) is 22.9. The maximum Gasteiger partial charge on any atom is 0.330 e. The van der Waals surface area contributed by atoms with Crippen molar-refractivity contribution in [3.63, 3.8) is 0 Å². The molecule has 2 aliphatic heterocycles. The summed E-state index contributed by atoms with van der Waals surface area (Å²) in [5, 5.41) is 2.68. The summed E-state index contributed by atoms with van der Waals surface area (Å²) in [4.78, 5) is 38.0. The fraction of sp³-hybridized carbons (Fsp3) is 0.550. The number of benzene rings is 1. The first-order valence-corrected chi connectivity index (χ1v) is 10.7. The zero-order valence-corrected chi connectivity index (χ0v) is 17.7. The van der Waals surface area contributed by atoms with Crippen LogP contribution in [-0.2, 0) is 19.1 Å². The van der Waals surface area contributed by atoms with Gasteiger partial charge in [-0.1, -0.05) is 0 Å². The second-order valence-electron chi connectivity index (χ2n) is 6.95. The molecule has 0 unspecified atom stereocenters. The minimum Gasteiger partial charge on any atom is -0.490 e. The van der Waals surface area contributed by atoms with Crippen LogP contribution in [0.15, 0.2) is 18.2 Å². The van der Waals surface area contributed by atoms with Crippen LogP contribution >= 0.6 is 11.8 Å². The Morgan fingerprint density at radius 1 is 1.24 bits per heavy atom. The first-order chi connectivity index (χ1) is 13.9. The fourth-order valence-electron chi connectivity index (χ4n) is 3.55. The van der Waals surface area contributed by atoms with Crippen molar-refractivity contribution in [2.75, 3.05) is 30.9 Å². The molecular weight excluding hydrogens is 396 g/mol. The summed E-state index contributed by atoms with van der Waals surface area (Å²) in [5.41, 5.74) is 0.511. The zero-order valence-electron chi connectivity index (χ0n) is 16.9. The highest BCUT2D eigenvalue weighted by molar-refractivity contribution is 8.01. The van der Waals surface area contributed by atoms with Crippen molar-refractivity contribution in [1.82, 2.24) is 4.90 Å². The van der Waals surface area contributed by atoms with Crippen molar-refractivity contribution < 1.29 is 28.6 Å². The molecule has 2 heterocycles. The summed E-state index contributed by atoms with van der Waals surface area (Å²) < 4.78 is 16.2. The van der Waals surface area contributed by atoms with Gasteiger partial charge in [-0.15, -0.1) is 11.8 Å². The Kier molecular flexibility index (Phi) is 6.56. The van der Waals surface area contributed by atoms with E-state index in [2.05, 4.69) is 5.32 Å². The van der Waals surface area contributed by atoms with Gasteiger partial charge in [-0.2, -0.15) is 0 Å². The molecule has 158 valence electrons. The SMILES string of the molecule is CCOc1ccc(NC(=O)COC(=O)[C@H]2CS[C@@]3(C)CCC(=O)N23)cc1OCC. The fourth-order valence-corrected chi connectivity index (χ4v) is 4.97. The number of anilines is 1. The number of hydrogen-bond donors (Lipinski definition) is 1. The summed E-state index contributed by atoms with van der Waals surface area (Å²) >= 11 is 1.58. The maximum absolute atomic E-state index is 12.4. The lowest BCUT2D eigenvalue weighted by Gasteiger charge is -2.29. The summed E-state index contributed by atoms with van der Waals surface area (Å²) in [7, 11) is 0. The molecule has 0 aromatic heterocycles. The van der Waals surface area contributed by atoms with Gasteiger partial charge in [-0.05, 0) is 39.3 Å². The lowest BCUT2D eigenvalue weighted by Crippen LogP contribution is -2.47. The van der Waals surface area contributed by atoms with Crippen molar-refractivity contribution in [1.29, 1.82) is 0 Å². The number of carbonyl (C=O) groups is 3. The third kappa shape index (κ3) is 4.60. The number of thioether (sulfide) groups is 1. The molecule has 0 bridgehead atoms. The summed E-state index contributed by atoms with van der Waals surface area (Å²) in [6.07, 6.45) is 1.16. The van der Waals surface area contributed by atoms with Gasteiger partial charge in [0.25, 0.3) is 5.91 Å². The predicted octanol–water partition coefficient (Wildman–Crippen LogP) is 2.42. The van der Waals surface area contributed by atoms with Crippen molar-refractivity contribution >= 4 is 35.2 Å². The van der Waals surface area contributed by atoms with E-state index in [1.807, 2.05) is 20.8 Å². The number of amides is 2. The highest BCUT2D eigenvalue weighted by Crippen LogP contribution is 2.47. The van der Waals surface area contributed by atoms with Crippen LogP contribution < -0.4 is 14.8 Å². The summed E-state index contributed by atoms with van der Waals surface area (Å²) in [6, 6.07) is 4.43. The molecule has 2 amide bonds. The smallest absolute Gasteiger partial charge is 0.330 e. The topological polar surface area (TPSA) is 94.2 Å². The Bertz CT molecular complexity index is 801. The largest absolute Gasteiger partial charge is 0.490 e. The first-order valence-electron chi connectivity index (χ1n) is 9.70. The number of carbonyl (C=O) groups excluding carboxylic acids is 3. The van der Waals surface area contributed by atoms with Crippen LogP contribution in [0.5, 0.6) is 11.5 Å². The molecule has 2 atom stereocenters. The maximum atomic E-state index is 12.4. The molecule has 0 saturated carbocycles. The van der Waals surface area contributed by atoms with E-state index in [0.29, 0.717) is 42.6 Å². The first kappa shape index (κ1) is 21.3. The molecular formula is C20H26N2O6S. The number of nitrogens with zero attached hydrogens (tertiary/aromatic N) is 1. The predicted molar refractivity (Wildman–Crippen MR) is 109 cm³/mol. The molecule has 0 aliphatic carbocycles. The van der Waals surface area contributed by atoms with E-state index in [9.17, 15) is 14.4 Å². The van der Waals surface area contributed by atoms with Crippen LogP contribution in [0.4, 0.5) is 5.69 Å². The number of rotatable bonds is 8. The summed E-state index contributed by atoms with van der Waals surface area (Å²) in [6.45, 7) is 6.24. The van der Waals surface area contributed by atoms with E-state index >= 15 is 0 Å². The van der Waals surface area contributed by atoms with E-state index in [0.717, 1.165) is 6.42 Å². The van der Waals surface area contributed by atoms with Gasteiger partial charge in [0.05, 0.1) is 18.1 Å². The lowest BCUT2D eigenvalue weighted by molar-refractivity contribution is -0.155. The zero-order chi connectivity index (χ0) is 21.0. The van der Waals surface area contributed by atoms with Crippen LogP contribution in [0.25, 0.3) is 0 Å². The Morgan fingerprint density at radius 2 is 1.97 bits per heavy atom. The average Bonchev–Trinajstić information content (AvgIpc) is 3.18. The molecule has 1 aromatic carbocycles. The van der Waals surface area contributed by atoms with Gasteiger partial charge in [0.15, 0.2) is 18.1 Å². The molecule has 9 heteroatoms. The average molecular weight is 423 g/mol. The highest BCUT2D eigenvalue weighted by Gasteiger charge is 2.53. The molecule has 0 spiro atoms. The van der Waals surface area contributed by atoms with Crippen molar-refractivity contribution in [3.05, 3.63) is 18.2 Å². The number of esters is 1. The monoisotopic (exact) mass is 422 g/mol. The van der Waals surface area contributed by atoms with E-state index < -0.39 is 24.5 Å². The number of fused-ring (bicyclic) bond motifs is 1. The second-order valence-corrected chi connectivity index (χ2v) is 8.45. The Balaban J connectivity index is 1.55. The van der Waals surface area contributed by atoms with Crippen molar-refractivity contribution in [2.45, 2.75) is 44.5 Å². The van der Waals surface area contributed by atoms with E-state index in [4.69, 9.17) is 14.2 Å². The van der Waals surface area contributed by atoms with Gasteiger partial charge >= 0.3 is 5.97 Å². The molecule has 8 nitrogen and oxygen atoms in total. The number of ether oxygens (including phenoxy) is 3. The lowest BCUT2D eigenvalue weighted by atomic mass is 10.2. The minimum absolute atomic E-state index is 0.0401. The van der Waals surface area contributed by atoms with E-state index in [1.54, 1.807) is 34.9 Å². The standard InChI is InChI=1S/C20H26N2O6S/c1-4-26-15-7-6-13(10-16(15)27-5-2)21-17(23)11-28-19(25)14-12-29-20(3)9-8-18(24)22(14)20/h6-7,10,14H,4-5,8-9,11-12H2,1-3H3,(H,21,23)/t14-,20+/m1/s1. The minimum atomic E-state index is -0.636. The van der Waals surface area contributed by atoms with E-state index in [-0.39, 0.29) is 10.8 Å². The Hall–Kier alpha value is -2.42. The molecule has 0 radical (unpaired) electrons. The van der Waals surface area contributed by atoms with Gasteiger partial charge in [0, 0.05) is 23.9 Å². The highest BCUT2D eigenvalue weighted by atomic mass is 32.2. The van der Waals surface area contributed by atoms with Gasteiger partial charge in [0.1, 0.15) is 6.04 Å². The third-order valence-electron chi connectivity index (χ3n) is 4.89. The van der Waals surface area contributed by atoms with Crippen LogP contribution in [0.2, 0.25) is 0 Å². The Morgan fingerprint density at radius 3 is 2.69 bits per heavy atom. The molecule has 3 rings (SSSR count). The number of nitrogens with one attached hydrogen (secondary N) is 1. The quantitative estimate of drug-likeness (QED) is 0.643. The molecule has 29 heavy (non-hydrogen) atoms. The van der Waals surface area contributed by atoms with Crippen LogP contribution in [0.3, 0.4) is 0 Å². The number of hydrogen-bond acceptors (Lipinski definition) is 7. The van der Waals surface area contributed by atoms with Gasteiger partial charge in [-0.3, -0.25) is 9.59 Å². The second kappa shape index (κ2) is 8.94. The summed E-state index contributed by atoms with van der Waals surface area (Å²) in [5.74, 6) is 0.551. The molecule has 1 N–H and O–H groups in total. The van der Waals surface area contributed by atoms with Gasteiger partial charge in [0.2, 0.25) is 5.91 Å². The van der Waals surface area contributed by atoms with Gasteiger partial charge in [-0.25, -0.2) is 4.79 Å². The van der Waals surface area contributed by atoms with Crippen LogP contribution in [0.1, 0.15) is 33.6 Å². The molecule has 1 aromatic rings. The van der Waals surface area contributed by atoms with Crippen LogP contribution in [-0.4, -0.2) is 59.2 Å².